The van der Waals surface area contributed by atoms with Crippen molar-refractivity contribution in [3.8, 4) is 0 Å². The van der Waals surface area contributed by atoms with Gasteiger partial charge in [-0.2, -0.15) is 8.78 Å². The molecule has 2 N–H and O–H groups in total. The lowest BCUT2D eigenvalue weighted by Gasteiger charge is -2.12. The summed E-state index contributed by atoms with van der Waals surface area (Å²) in [6.45, 7) is -1.76. The van der Waals surface area contributed by atoms with Gasteiger partial charge in [-0.05, 0) is 24.3 Å². The molecule has 0 saturated carbocycles. The van der Waals surface area contributed by atoms with Crippen molar-refractivity contribution in [3.05, 3.63) is 47.5 Å². The average molecular weight is 502 g/mol. The summed E-state index contributed by atoms with van der Waals surface area (Å²) in [7, 11) is 1.63. The summed E-state index contributed by atoms with van der Waals surface area (Å²) in [6, 6.07) is 7.63. The summed E-state index contributed by atoms with van der Waals surface area (Å²) in [5, 5.41) is 6.81. The van der Waals surface area contributed by atoms with E-state index in [4.69, 9.17) is 11.6 Å². The molecule has 2 rings (SSSR count). The van der Waals surface area contributed by atoms with Crippen molar-refractivity contribution in [1.29, 1.82) is 0 Å². The second-order valence-corrected chi connectivity index (χ2v) is 6.29. The van der Waals surface area contributed by atoms with Crippen LogP contribution >= 0.6 is 47.3 Å². The Balaban J connectivity index is 0.00000312. The largest absolute Gasteiger partial charge is 0.356 e. The maximum absolute atomic E-state index is 12.7. The zero-order valence-electron chi connectivity index (χ0n) is 13.5. The van der Waals surface area contributed by atoms with Crippen LogP contribution in [0.25, 0.3) is 0 Å². The molecule has 10 heteroatoms. The van der Waals surface area contributed by atoms with Crippen LogP contribution < -0.4 is 10.6 Å². The summed E-state index contributed by atoms with van der Waals surface area (Å²) in [6.07, 6.45) is 2.60. The predicted octanol–water partition coefficient (Wildman–Crippen LogP) is 4.01. The van der Waals surface area contributed by atoms with Crippen molar-refractivity contribution in [1.82, 2.24) is 20.2 Å². The maximum atomic E-state index is 12.7. The summed E-state index contributed by atoms with van der Waals surface area (Å²) < 4.78 is 26.3. The van der Waals surface area contributed by atoms with Gasteiger partial charge in [-0.25, -0.2) is 4.98 Å². The zero-order valence-corrected chi connectivity index (χ0v) is 17.4. The molecule has 0 amide bonds. The lowest BCUT2D eigenvalue weighted by Crippen LogP contribution is -2.38. The van der Waals surface area contributed by atoms with Crippen LogP contribution in [-0.2, 0) is 6.54 Å². The molecule has 0 unspecified atom stereocenters. The van der Waals surface area contributed by atoms with Gasteiger partial charge in [0.2, 0.25) is 0 Å². The van der Waals surface area contributed by atoms with Crippen LogP contribution in [0.2, 0.25) is 5.02 Å². The van der Waals surface area contributed by atoms with Gasteiger partial charge >= 0.3 is 6.55 Å². The van der Waals surface area contributed by atoms with Gasteiger partial charge in [0.1, 0.15) is 5.82 Å². The lowest BCUT2D eigenvalue weighted by molar-refractivity contribution is 0.0668. The van der Waals surface area contributed by atoms with E-state index in [0.717, 1.165) is 15.2 Å². The molecule has 1 aromatic heterocycles. The minimum Gasteiger partial charge on any atom is -0.356 e. The third-order valence-corrected chi connectivity index (χ3v) is 4.34. The van der Waals surface area contributed by atoms with Gasteiger partial charge in [0.25, 0.3) is 0 Å². The first kappa shape index (κ1) is 22.0. The standard InChI is InChI=1S/C15H18ClF2N5S.HI/c1-19-15(22-10-13-20-6-8-23(13)14(17)18)21-7-9-24-12-4-2-11(16)3-5-12;/h2-6,8,14H,7,9-10H2,1H3,(H2,19,21,22);1H. The summed E-state index contributed by atoms with van der Waals surface area (Å²) in [5.74, 6) is 1.62. The number of guanidine groups is 1. The van der Waals surface area contributed by atoms with Crippen LogP contribution in [0.1, 0.15) is 12.4 Å². The molecule has 0 atom stereocenters. The summed E-state index contributed by atoms with van der Waals surface area (Å²) >= 11 is 7.53. The molecule has 0 spiro atoms. The van der Waals surface area contributed by atoms with Crippen LogP contribution in [0.4, 0.5) is 8.78 Å². The quantitative estimate of drug-likeness (QED) is 0.198. The number of hydrogen-bond acceptors (Lipinski definition) is 3. The van der Waals surface area contributed by atoms with Gasteiger partial charge in [0.05, 0.1) is 6.54 Å². The predicted molar refractivity (Wildman–Crippen MR) is 109 cm³/mol. The highest BCUT2D eigenvalue weighted by Crippen LogP contribution is 2.19. The maximum Gasteiger partial charge on any atom is 0.319 e. The summed E-state index contributed by atoms with van der Waals surface area (Å²) in [5.41, 5.74) is 0. The van der Waals surface area contributed by atoms with Gasteiger partial charge in [-0.15, -0.1) is 35.7 Å². The number of alkyl halides is 2. The molecule has 0 aliphatic heterocycles. The Labute approximate surface area is 171 Å². The van der Waals surface area contributed by atoms with E-state index in [-0.39, 0.29) is 36.3 Å². The topological polar surface area (TPSA) is 54.2 Å². The molecular formula is C15H19ClF2IN5S. The molecule has 0 bridgehead atoms. The third-order valence-electron chi connectivity index (χ3n) is 3.07. The van der Waals surface area contributed by atoms with E-state index >= 15 is 0 Å². The Morgan fingerprint density at radius 2 is 2.04 bits per heavy atom. The number of benzene rings is 1. The Hall–Kier alpha value is -1.07. The van der Waals surface area contributed by atoms with E-state index in [0.29, 0.717) is 17.5 Å². The molecule has 0 aliphatic carbocycles. The number of aliphatic imine (C=N–C) groups is 1. The van der Waals surface area contributed by atoms with Gasteiger partial charge in [0.15, 0.2) is 5.96 Å². The second kappa shape index (κ2) is 11.5. The highest BCUT2D eigenvalue weighted by Gasteiger charge is 2.11. The number of nitrogens with one attached hydrogen (secondary N) is 2. The number of thioether (sulfide) groups is 1. The number of hydrogen-bond donors (Lipinski definition) is 2. The highest BCUT2D eigenvalue weighted by atomic mass is 127. The second-order valence-electron chi connectivity index (χ2n) is 4.68. The smallest absolute Gasteiger partial charge is 0.319 e. The van der Waals surface area contributed by atoms with Crippen molar-refractivity contribution in [2.75, 3.05) is 19.3 Å². The van der Waals surface area contributed by atoms with Gasteiger partial charge in [0, 0.05) is 41.7 Å². The number of imidazole rings is 1. The van der Waals surface area contributed by atoms with E-state index in [9.17, 15) is 8.78 Å². The number of halogens is 4. The van der Waals surface area contributed by atoms with E-state index in [1.807, 2.05) is 24.3 Å². The van der Waals surface area contributed by atoms with Crippen molar-refractivity contribution < 1.29 is 8.78 Å². The summed E-state index contributed by atoms with van der Waals surface area (Å²) in [4.78, 5) is 9.10. The number of nitrogens with zero attached hydrogens (tertiary/aromatic N) is 3. The fourth-order valence-electron chi connectivity index (χ4n) is 1.91. The zero-order chi connectivity index (χ0) is 17.4. The Morgan fingerprint density at radius 3 is 2.68 bits per heavy atom. The van der Waals surface area contributed by atoms with E-state index in [2.05, 4.69) is 20.6 Å². The molecule has 1 aromatic carbocycles. The average Bonchev–Trinajstić information content (AvgIpc) is 3.04. The Bertz CT molecular complexity index is 666. The number of aromatic nitrogens is 2. The first-order chi connectivity index (χ1) is 11.6. The van der Waals surface area contributed by atoms with Crippen LogP contribution in [-0.4, -0.2) is 34.9 Å². The van der Waals surface area contributed by atoms with E-state index < -0.39 is 6.55 Å². The Morgan fingerprint density at radius 1 is 1.32 bits per heavy atom. The SMILES string of the molecule is CN=C(NCCSc1ccc(Cl)cc1)NCc1nccn1C(F)F.I. The molecule has 25 heavy (non-hydrogen) atoms. The first-order valence-electron chi connectivity index (χ1n) is 7.23. The molecule has 0 aliphatic rings. The van der Waals surface area contributed by atoms with Crippen molar-refractivity contribution in [3.63, 3.8) is 0 Å². The molecule has 1 heterocycles. The highest BCUT2D eigenvalue weighted by molar-refractivity contribution is 14.0. The monoisotopic (exact) mass is 501 g/mol. The van der Waals surface area contributed by atoms with E-state index in [1.54, 1.807) is 18.8 Å². The van der Waals surface area contributed by atoms with Gasteiger partial charge < -0.3 is 10.6 Å². The minimum atomic E-state index is -2.60. The minimum absolute atomic E-state index is 0. The van der Waals surface area contributed by atoms with Crippen LogP contribution in [0, 0.1) is 0 Å². The van der Waals surface area contributed by atoms with Crippen LogP contribution in [0.15, 0.2) is 46.5 Å². The Kier molecular flexibility index (Phi) is 10.1. The lowest BCUT2D eigenvalue weighted by atomic mass is 10.4. The molecule has 0 fully saturated rings. The molecule has 138 valence electrons. The van der Waals surface area contributed by atoms with E-state index in [1.165, 1.54) is 12.4 Å². The van der Waals surface area contributed by atoms with Crippen molar-refractivity contribution in [2.24, 2.45) is 4.99 Å². The third kappa shape index (κ3) is 7.37. The van der Waals surface area contributed by atoms with Crippen molar-refractivity contribution in [2.45, 2.75) is 18.0 Å². The molecule has 0 saturated heterocycles. The fraction of sp³-hybridized carbons (Fsp3) is 0.333. The fourth-order valence-corrected chi connectivity index (χ4v) is 2.81. The molecule has 0 radical (unpaired) electrons. The van der Waals surface area contributed by atoms with Gasteiger partial charge in [-0.3, -0.25) is 9.56 Å². The number of rotatable bonds is 7. The van der Waals surface area contributed by atoms with Crippen LogP contribution in [0.5, 0.6) is 0 Å². The van der Waals surface area contributed by atoms with Crippen LogP contribution in [0.3, 0.4) is 0 Å². The molecular weight excluding hydrogens is 483 g/mol. The molecule has 5 nitrogen and oxygen atoms in total. The van der Waals surface area contributed by atoms with Crippen molar-refractivity contribution >= 4 is 53.3 Å². The first-order valence-corrected chi connectivity index (χ1v) is 8.59. The molecule has 2 aromatic rings. The normalized spacial score (nSPS) is 11.3. The van der Waals surface area contributed by atoms with Gasteiger partial charge in [-0.1, -0.05) is 11.6 Å².